The first kappa shape index (κ1) is 23.8. The number of aromatic nitrogens is 1. The lowest BCUT2D eigenvalue weighted by Crippen LogP contribution is -2.35. The lowest BCUT2D eigenvalue weighted by molar-refractivity contribution is 0.0342. The third kappa shape index (κ3) is 5.48. The molecule has 1 aliphatic rings. The van der Waals surface area contributed by atoms with E-state index in [1.165, 1.54) is 5.56 Å². The van der Waals surface area contributed by atoms with E-state index in [1.54, 1.807) is 24.4 Å². The summed E-state index contributed by atoms with van der Waals surface area (Å²) in [5.74, 6) is -0.152. The van der Waals surface area contributed by atoms with Crippen LogP contribution in [0, 0.1) is 0 Å². The molecule has 1 saturated heterocycles. The second-order valence-electron chi connectivity index (χ2n) is 9.07. The standard InChI is InChI=1S/C29H30N4O3/c1-20(22-7-3-2-4-8-22)31-28(34)23-10-11-27-25(17-23)26(29(35)32-27)18-30-24-9-5-6-21(16-24)19-33-12-14-36-15-13-33/h2-11,16-18,20,32,35H,12-15,19H2,1H3,(H,31,34)/t20-/m1/s1. The Morgan fingerprint density at radius 2 is 1.92 bits per heavy atom. The van der Waals surface area contributed by atoms with Crippen LogP contribution in [0.4, 0.5) is 5.69 Å². The van der Waals surface area contributed by atoms with Crippen LogP contribution in [0.25, 0.3) is 10.9 Å². The molecule has 3 aromatic carbocycles. The van der Waals surface area contributed by atoms with E-state index in [2.05, 4.69) is 32.3 Å². The van der Waals surface area contributed by atoms with Crippen LogP contribution in [-0.4, -0.2) is 53.4 Å². The predicted octanol–water partition coefficient (Wildman–Crippen LogP) is 4.95. The number of carbonyl (C=O) groups is 1. The Bertz CT molecular complexity index is 1370. The zero-order valence-electron chi connectivity index (χ0n) is 20.3. The molecule has 1 aromatic heterocycles. The number of nitrogens with zero attached hydrogens (tertiary/aromatic N) is 2. The van der Waals surface area contributed by atoms with Gasteiger partial charge >= 0.3 is 0 Å². The number of benzene rings is 3. The van der Waals surface area contributed by atoms with E-state index in [1.807, 2.05) is 49.4 Å². The summed E-state index contributed by atoms with van der Waals surface area (Å²) in [4.78, 5) is 22.9. The highest BCUT2D eigenvalue weighted by Gasteiger charge is 2.15. The molecular weight excluding hydrogens is 452 g/mol. The average Bonchev–Trinajstić information content (AvgIpc) is 3.22. The van der Waals surface area contributed by atoms with Crippen molar-refractivity contribution in [2.24, 2.45) is 4.99 Å². The number of aromatic hydroxyl groups is 1. The topological polar surface area (TPSA) is 90.0 Å². The molecule has 0 spiro atoms. The molecule has 0 aliphatic carbocycles. The van der Waals surface area contributed by atoms with Gasteiger partial charge in [0.1, 0.15) is 0 Å². The molecule has 184 valence electrons. The summed E-state index contributed by atoms with van der Waals surface area (Å²) in [7, 11) is 0. The number of fused-ring (bicyclic) bond motifs is 1. The Morgan fingerprint density at radius 1 is 1.11 bits per heavy atom. The van der Waals surface area contributed by atoms with E-state index in [0.29, 0.717) is 11.1 Å². The predicted molar refractivity (Wildman–Crippen MR) is 142 cm³/mol. The van der Waals surface area contributed by atoms with Crippen molar-refractivity contribution in [3.63, 3.8) is 0 Å². The Labute approximate surface area is 210 Å². The number of H-pyrrole nitrogens is 1. The Morgan fingerprint density at radius 3 is 2.72 bits per heavy atom. The molecule has 1 atom stereocenters. The van der Waals surface area contributed by atoms with E-state index in [9.17, 15) is 9.90 Å². The van der Waals surface area contributed by atoms with E-state index < -0.39 is 0 Å². The van der Waals surface area contributed by atoms with E-state index in [4.69, 9.17) is 4.74 Å². The van der Waals surface area contributed by atoms with Crippen molar-refractivity contribution < 1.29 is 14.6 Å². The molecule has 1 fully saturated rings. The fraction of sp³-hybridized carbons (Fsp3) is 0.241. The lowest BCUT2D eigenvalue weighted by Gasteiger charge is -2.26. The maximum Gasteiger partial charge on any atom is 0.251 e. The van der Waals surface area contributed by atoms with Gasteiger partial charge in [0.25, 0.3) is 5.91 Å². The summed E-state index contributed by atoms with van der Waals surface area (Å²) in [6.07, 6.45) is 1.65. The minimum Gasteiger partial charge on any atom is -0.494 e. The lowest BCUT2D eigenvalue weighted by atomic mass is 10.1. The van der Waals surface area contributed by atoms with Crippen LogP contribution in [0.2, 0.25) is 0 Å². The first-order chi connectivity index (χ1) is 17.6. The third-order valence-electron chi connectivity index (χ3n) is 6.49. The SMILES string of the molecule is C[C@@H](NC(=O)c1ccc2[nH]c(O)c(C=Nc3cccc(CN4CCOCC4)c3)c2c1)c1ccccc1. The Balaban J connectivity index is 1.34. The van der Waals surface area contributed by atoms with Gasteiger partial charge in [-0.1, -0.05) is 42.5 Å². The van der Waals surface area contributed by atoms with Crippen molar-refractivity contribution in [1.82, 2.24) is 15.2 Å². The molecule has 1 aliphatic heterocycles. The Hall–Kier alpha value is -3.94. The second-order valence-corrected chi connectivity index (χ2v) is 9.07. The van der Waals surface area contributed by atoms with Crippen molar-refractivity contribution in [2.45, 2.75) is 19.5 Å². The highest BCUT2D eigenvalue weighted by molar-refractivity contribution is 6.06. The fourth-order valence-electron chi connectivity index (χ4n) is 4.47. The minimum atomic E-state index is -0.173. The molecule has 4 aromatic rings. The maximum atomic E-state index is 12.9. The van der Waals surface area contributed by atoms with Gasteiger partial charge in [-0.25, -0.2) is 0 Å². The molecule has 0 unspecified atom stereocenters. The van der Waals surface area contributed by atoms with E-state index in [0.717, 1.165) is 55.0 Å². The normalized spacial score (nSPS) is 15.4. The molecule has 3 N–H and O–H groups in total. The van der Waals surface area contributed by atoms with Crippen molar-refractivity contribution in [1.29, 1.82) is 0 Å². The van der Waals surface area contributed by atoms with Crippen LogP contribution in [0.3, 0.4) is 0 Å². The van der Waals surface area contributed by atoms with E-state index in [-0.39, 0.29) is 17.8 Å². The number of morpholine rings is 1. The highest BCUT2D eigenvalue weighted by atomic mass is 16.5. The largest absolute Gasteiger partial charge is 0.494 e. The van der Waals surface area contributed by atoms with Gasteiger partial charge in [0.05, 0.1) is 30.5 Å². The molecule has 0 saturated carbocycles. The first-order valence-corrected chi connectivity index (χ1v) is 12.2. The summed E-state index contributed by atoms with van der Waals surface area (Å²) < 4.78 is 5.43. The summed E-state index contributed by atoms with van der Waals surface area (Å²) >= 11 is 0. The summed E-state index contributed by atoms with van der Waals surface area (Å²) in [6.45, 7) is 6.20. The number of aromatic amines is 1. The highest BCUT2D eigenvalue weighted by Crippen LogP contribution is 2.28. The van der Waals surface area contributed by atoms with Gasteiger partial charge in [-0.3, -0.25) is 14.7 Å². The van der Waals surface area contributed by atoms with Crippen LogP contribution in [0.15, 0.2) is 77.8 Å². The van der Waals surface area contributed by atoms with Gasteiger partial charge in [0.15, 0.2) is 5.88 Å². The molecule has 2 heterocycles. The summed E-state index contributed by atoms with van der Waals surface area (Å²) in [5.41, 5.74) is 4.83. The first-order valence-electron chi connectivity index (χ1n) is 12.2. The zero-order chi connectivity index (χ0) is 24.9. The number of rotatable bonds is 7. The van der Waals surface area contributed by atoms with Gasteiger partial charge in [0, 0.05) is 42.3 Å². The number of nitrogens with one attached hydrogen (secondary N) is 2. The molecule has 0 radical (unpaired) electrons. The van der Waals surface area contributed by atoms with Gasteiger partial charge in [-0.2, -0.15) is 0 Å². The summed E-state index contributed by atoms with van der Waals surface area (Å²) in [5, 5.41) is 14.3. The molecular formula is C29H30N4O3. The van der Waals surface area contributed by atoms with Gasteiger partial charge < -0.3 is 20.1 Å². The van der Waals surface area contributed by atoms with Crippen LogP contribution < -0.4 is 5.32 Å². The van der Waals surface area contributed by atoms with E-state index >= 15 is 0 Å². The number of carbonyl (C=O) groups excluding carboxylic acids is 1. The molecule has 36 heavy (non-hydrogen) atoms. The summed E-state index contributed by atoms with van der Waals surface area (Å²) in [6, 6.07) is 23.1. The third-order valence-corrected chi connectivity index (χ3v) is 6.49. The van der Waals surface area contributed by atoms with Crippen LogP contribution in [0.5, 0.6) is 5.88 Å². The fourth-order valence-corrected chi connectivity index (χ4v) is 4.47. The molecule has 7 nitrogen and oxygen atoms in total. The van der Waals surface area contributed by atoms with Crippen molar-refractivity contribution >= 4 is 28.7 Å². The number of aliphatic imine (C=N–C) groups is 1. The molecule has 0 bridgehead atoms. The van der Waals surface area contributed by atoms with Crippen LogP contribution in [-0.2, 0) is 11.3 Å². The molecule has 7 heteroatoms. The van der Waals surface area contributed by atoms with Crippen LogP contribution >= 0.6 is 0 Å². The van der Waals surface area contributed by atoms with Crippen molar-refractivity contribution in [3.05, 3.63) is 95.1 Å². The molecule has 5 rings (SSSR count). The van der Waals surface area contributed by atoms with Crippen molar-refractivity contribution in [3.8, 4) is 5.88 Å². The number of amides is 1. The maximum absolute atomic E-state index is 12.9. The quantitative estimate of drug-likeness (QED) is 0.325. The zero-order valence-corrected chi connectivity index (χ0v) is 20.3. The number of ether oxygens (including phenoxy) is 1. The molecule has 1 amide bonds. The minimum absolute atomic E-state index is 0.0217. The number of hydrogen-bond acceptors (Lipinski definition) is 5. The smallest absolute Gasteiger partial charge is 0.251 e. The number of hydrogen-bond donors (Lipinski definition) is 3. The monoisotopic (exact) mass is 482 g/mol. The Kier molecular flexibility index (Phi) is 7.11. The van der Waals surface area contributed by atoms with Gasteiger partial charge in [0.2, 0.25) is 0 Å². The van der Waals surface area contributed by atoms with Crippen molar-refractivity contribution in [2.75, 3.05) is 26.3 Å². The second kappa shape index (κ2) is 10.8. The van der Waals surface area contributed by atoms with Gasteiger partial charge in [-0.15, -0.1) is 0 Å². The van der Waals surface area contributed by atoms with Gasteiger partial charge in [-0.05, 0) is 48.4 Å². The average molecular weight is 483 g/mol. The van der Waals surface area contributed by atoms with Crippen LogP contribution in [0.1, 0.15) is 40.0 Å².